The summed E-state index contributed by atoms with van der Waals surface area (Å²) in [5.41, 5.74) is -2.54. The van der Waals surface area contributed by atoms with Crippen LogP contribution in [0.4, 0.5) is 26.3 Å². The fourth-order valence-electron chi connectivity index (χ4n) is 4.39. The molecule has 0 aliphatic carbocycles. The minimum Gasteiger partial charge on any atom is -0.339 e. The van der Waals surface area contributed by atoms with E-state index in [1.54, 1.807) is 31.2 Å². The number of carbonyl (C=O) groups excluding carboxylic acids is 2. The van der Waals surface area contributed by atoms with E-state index >= 15 is 0 Å². The first-order valence-electron chi connectivity index (χ1n) is 11.2. The van der Waals surface area contributed by atoms with Crippen LogP contribution in [0.2, 0.25) is 0 Å². The molecular formula is C24H22F6N4O2. The summed E-state index contributed by atoms with van der Waals surface area (Å²) in [5.74, 6) is -1.14. The molecule has 3 aromatic rings. The average Bonchev–Trinajstić information content (AvgIpc) is 3.24. The number of para-hydroxylation sites is 1. The van der Waals surface area contributed by atoms with Gasteiger partial charge in [-0.15, -0.1) is 0 Å². The number of carbonyl (C=O) groups is 2. The molecule has 1 N–H and O–H groups in total. The lowest BCUT2D eigenvalue weighted by Gasteiger charge is -2.41. The summed E-state index contributed by atoms with van der Waals surface area (Å²) in [4.78, 5) is 28.5. The highest BCUT2D eigenvalue weighted by Gasteiger charge is 2.39. The van der Waals surface area contributed by atoms with Crippen LogP contribution in [0.5, 0.6) is 0 Å². The summed E-state index contributed by atoms with van der Waals surface area (Å²) in [6.07, 6.45) is -9.78. The first-order chi connectivity index (χ1) is 16.9. The Morgan fingerprint density at radius 1 is 1.00 bits per heavy atom. The normalized spacial score (nSPS) is 17.0. The summed E-state index contributed by atoms with van der Waals surface area (Å²) in [6, 6.07) is 7.34. The van der Waals surface area contributed by atoms with Crippen molar-refractivity contribution in [2.45, 2.75) is 38.2 Å². The van der Waals surface area contributed by atoms with Crippen molar-refractivity contribution in [3.63, 3.8) is 0 Å². The third-order valence-electron chi connectivity index (χ3n) is 6.21. The van der Waals surface area contributed by atoms with E-state index in [1.165, 1.54) is 9.80 Å². The number of hydrogen-bond donors (Lipinski definition) is 1. The number of H-pyrrole nitrogens is 1. The van der Waals surface area contributed by atoms with E-state index in [0.29, 0.717) is 17.8 Å². The molecule has 2 amide bonds. The topological polar surface area (TPSA) is 69.3 Å². The first-order valence-corrected chi connectivity index (χ1v) is 11.2. The van der Waals surface area contributed by atoms with Gasteiger partial charge in [0.05, 0.1) is 28.4 Å². The van der Waals surface area contributed by atoms with Crippen molar-refractivity contribution in [1.82, 2.24) is 20.0 Å². The lowest BCUT2D eigenvalue weighted by molar-refractivity contribution is -0.143. The first kappa shape index (κ1) is 25.5. The molecule has 12 heteroatoms. The second-order valence-electron chi connectivity index (χ2n) is 8.56. The molecule has 1 aliphatic rings. The van der Waals surface area contributed by atoms with Crippen molar-refractivity contribution in [2.24, 2.45) is 0 Å². The Labute approximate surface area is 201 Å². The zero-order valence-corrected chi connectivity index (χ0v) is 19.1. The molecule has 1 aromatic heterocycles. The maximum absolute atomic E-state index is 13.4. The van der Waals surface area contributed by atoms with Gasteiger partial charge in [-0.25, -0.2) is 0 Å². The van der Waals surface area contributed by atoms with Gasteiger partial charge < -0.3 is 9.80 Å². The molecular weight excluding hydrogens is 490 g/mol. The monoisotopic (exact) mass is 512 g/mol. The van der Waals surface area contributed by atoms with Crippen LogP contribution in [0.1, 0.15) is 40.5 Å². The highest BCUT2D eigenvalue weighted by molar-refractivity contribution is 5.95. The number of nitrogens with zero attached hydrogens (tertiary/aromatic N) is 3. The maximum Gasteiger partial charge on any atom is 0.416 e. The van der Waals surface area contributed by atoms with E-state index in [4.69, 9.17) is 0 Å². The molecule has 36 heavy (non-hydrogen) atoms. The number of halogens is 6. The van der Waals surface area contributed by atoms with E-state index in [0.717, 1.165) is 10.9 Å². The quantitative estimate of drug-likeness (QED) is 0.506. The number of benzene rings is 2. The lowest BCUT2D eigenvalue weighted by Crippen LogP contribution is -2.57. The van der Waals surface area contributed by atoms with Crippen molar-refractivity contribution >= 4 is 22.7 Å². The van der Waals surface area contributed by atoms with Gasteiger partial charge in [0.1, 0.15) is 0 Å². The van der Waals surface area contributed by atoms with E-state index in [-0.39, 0.29) is 44.4 Å². The van der Waals surface area contributed by atoms with E-state index < -0.39 is 41.0 Å². The highest BCUT2D eigenvalue weighted by Crippen LogP contribution is 2.37. The van der Waals surface area contributed by atoms with E-state index in [9.17, 15) is 35.9 Å². The minimum absolute atomic E-state index is 0.0119. The molecule has 2 aromatic carbocycles. The van der Waals surface area contributed by atoms with Crippen LogP contribution < -0.4 is 0 Å². The van der Waals surface area contributed by atoms with Crippen molar-refractivity contribution < 1.29 is 35.9 Å². The van der Waals surface area contributed by atoms with Gasteiger partial charge >= 0.3 is 12.4 Å². The minimum atomic E-state index is -5.07. The largest absolute Gasteiger partial charge is 0.416 e. The van der Waals surface area contributed by atoms with Crippen molar-refractivity contribution in [1.29, 1.82) is 0 Å². The van der Waals surface area contributed by atoms with Gasteiger partial charge in [0.2, 0.25) is 5.91 Å². The van der Waals surface area contributed by atoms with Crippen LogP contribution in [0.25, 0.3) is 10.9 Å². The molecule has 0 spiro atoms. The third-order valence-corrected chi connectivity index (χ3v) is 6.21. The number of hydrogen-bond acceptors (Lipinski definition) is 3. The van der Waals surface area contributed by atoms with Crippen molar-refractivity contribution in [2.75, 3.05) is 19.6 Å². The Morgan fingerprint density at radius 2 is 1.64 bits per heavy atom. The molecule has 1 atom stereocenters. The second-order valence-corrected chi connectivity index (χ2v) is 8.56. The molecule has 2 heterocycles. The highest BCUT2D eigenvalue weighted by atomic mass is 19.4. The molecule has 0 radical (unpaired) electrons. The fourth-order valence-corrected chi connectivity index (χ4v) is 4.39. The Bertz CT molecular complexity index is 1250. The van der Waals surface area contributed by atoms with Gasteiger partial charge in [0, 0.05) is 43.4 Å². The van der Waals surface area contributed by atoms with Crippen LogP contribution in [0.15, 0.2) is 42.5 Å². The van der Waals surface area contributed by atoms with E-state index in [2.05, 4.69) is 10.2 Å². The van der Waals surface area contributed by atoms with Crippen molar-refractivity contribution in [3.8, 4) is 0 Å². The van der Waals surface area contributed by atoms with Gasteiger partial charge in [0.15, 0.2) is 0 Å². The lowest BCUT2D eigenvalue weighted by atomic mass is 10.00. The molecule has 0 bridgehead atoms. The molecule has 1 unspecified atom stereocenters. The van der Waals surface area contributed by atoms with Crippen LogP contribution >= 0.6 is 0 Å². The smallest absolute Gasteiger partial charge is 0.339 e. The Hall–Kier alpha value is -3.57. The number of aromatic nitrogens is 2. The molecule has 1 aliphatic heterocycles. The zero-order chi connectivity index (χ0) is 26.3. The molecule has 6 nitrogen and oxygen atoms in total. The second kappa shape index (κ2) is 9.47. The Morgan fingerprint density at radius 3 is 2.25 bits per heavy atom. The number of nitrogens with one attached hydrogen (secondary N) is 1. The summed E-state index contributed by atoms with van der Waals surface area (Å²) < 4.78 is 80.1. The van der Waals surface area contributed by atoms with Crippen molar-refractivity contribution in [3.05, 3.63) is 64.8 Å². The third kappa shape index (κ3) is 5.17. The summed E-state index contributed by atoms with van der Waals surface area (Å²) in [7, 11) is 0. The number of alkyl halides is 6. The molecule has 1 fully saturated rings. The van der Waals surface area contributed by atoms with Gasteiger partial charge in [0.25, 0.3) is 5.91 Å². The summed E-state index contributed by atoms with van der Waals surface area (Å²) in [6.45, 7) is 1.82. The number of piperazine rings is 1. The standard InChI is InChI=1S/C24H22F6N4O2/c1-2-21(35)33-7-8-34(17(13-33)12-20-18-5-3-4-6-19(18)31-32-20)22(36)14-9-15(23(25,26)27)11-16(10-14)24(28,29)30/h3-6,9-11,17H,2,7-8,12-13H2,1H3,(H,31,32). The van der Waals surface area contributed by atoms with Gasteiger partial charge in [-0.3, -0.25) is 14.7 Å². The Balaban J connectivity index is 1.72. The number of rotatable bonds is 4. The average molecular weight is 512 g/mol. The van der Waals surface area contributed by atoms with Gasteiger partial charge in [-0.05, 0) is 24.3 Å². The van der Waals surface area contributed by atoms with E-state index in [1.807, 2.05) is 0 Å². The predicted molar refractivity (Wildman–Crippen MR) is 118 cm³/mol. The van der Waals surface area contributed by atoms with Crippen LogP contribution in [0.3, 0.4) is 0 Å². The fraction of sp³-hybridized carbons (Fsp3) is 0.375. The molecule has 0 saturated carbocycles. The van der Waals surface area contributed by atoms with Crippen LogP contribution in [-0.4, -0.2) is 57.5 Å². The summed E-state index contributed by atoms with van der Waals surface area (Å²) in [5, 5.41) is 7.90. The van der Waals surface area contributed by atoms with Crippen LogP contribution in [-0.2, 0) is 23.6 Å². The van der Waals surface area contributed by atoms with Gasteiger partial charge in [-0.2, -0.15) is 31.4 Å². The molecule has 4 rings (SSSR count). The van der Waals surface area contributed by atoms with Gasteiger partial charge in [-0.1, -0.05) is 25.1 Å². The number of amides is 2. The van der Waals surface area contributed by atoms with Crippen LogP contribution in [0, 0.1) is 0 Å². The number of aromatic amines is 1. The summed E-state index contributed by atoms with van der Waals surface area (Å²) >= 11 is 0. The predicted octanol–water partition coefficient (Wildman–Crippen LogP) is 4.91. The molecule has 1 saturated heterocycles. The Kier molecular flexibility index (Phi) is 6.72. The zero-order valence-electron chi connectivity index (χ0n) is 19.1. The SMILES string of the molecule is CCC(=O)N1CCN(C(=O)c2cc(C(F)(F)F)cc(C(F)(F)F)c2)C(Cc2n[nH]c3ccccc23)C1. The maximum atomic E-state index is 13.4. The molecule has 192 valence electrons. The number of fused-ring (bicyclic) bond motifs is 1.